The number of nitrogens with zero attached hydrogens (tertiary/aromatic N) is 1. The van der Waals surface area contributed by atoms with Gasteiger partial charge in [-0.15, -0.1) is 0 Å². The molecule has 0 unspecified atom stereocenters. The number of rotatable bonds is 5. The van der Waals surface area contributed by atoms with E-state index in [4.69, 9.17) is 4.42 Å². The highest BCUT2D eigenvalue weighted by atomic mass is 16.3. The van der Waals surface area contributed by atoms with Gasteiger partial charge in [0, 0.05) is 32.6 Å². The maximum absolute atomic E-state index is 5.95. The molecule has 0 radical (unpaired) electrons. The Morgan fingerprint density at radius 3 is 2.13 bits per heavy atom. The third-order valence-electron chi connectivity index (χ3n) is 7.59. The Bertz CT molecular complexity index is 2000. The topological polar surface area (TPSA) is 18.1 Å². The van der Waals surface area contributed by atoms with Crippen molar-refractivity contribution < 1.29 is 4.42 Å². The van der Waals surface area contributed by atoms with Gasteiger partial charge in [0.1, 0.15) is 11.3 Å². The Balaban J connectivity index is 1.37. The van der Waals surface area contributed by atoms with Crippen LogP contribution in [0.3, 0.4) is 0 Å². The van der Waals surface area contributed by atoms with E-state index in [1.54, 1.807) is 6.08 Å². The predicted molar refractivity (Wildman–Crippen MR) is 162 cm³/mol. The minimum Gasteiger partial charge on any atom is -0.456 e. The molecule has 7 rings (SSSR count). The van der Waals surface area contributed by atoms with Crippen molar-refractivity contribution in [1.29, 1.82) is 0 Å². The van der Waals surface area contributed by atoms with E-state index >= 15 is 0 Å². The summed E-state index contributed by atoms with van der Waals surface area (Å²) in [4.78, 5) is 0. The molecule has 2 heteroatoms. The van der Waals surface area contributed by atoms with Crippen molar-refractivity contribution in [3.63, 3.8) is 0 Å². The smallest absolute Gasteiger partial charge is 0.135 e. The predicted octanol–water partition coefficient (Wildman–Crippen LogP) is 8.35. The molecule has 182 valence electrons. The summed E-state index contributed by atoms with van der Waals surface area (Å²) in [6.45, 7) is 7.86. The first kappa shape index (κ1) is 22.4. The van der Waals surface area contributed by atoms with Gasteiger partial charge < -0.3 is 8.98 Å². The van der Waals surface area contributed by atoms with Crippen molar-refractivity contribution in [2.24, 2.45) is 0 Å². The van der Waals surface area contributed by atoms with Crippen LogP contribution in [0.5, 0.6) is 0 Å². The lowest BCUT2D eigenvalue weighted by Gasteiger charge is -2.09. The molecule has 0 saturated heterocycles. The second-order valence-corrected chi connectivity index (χ2v) is 9.77. The fourth-order valence-electron chi connectivity index (χ4n) is 5.79. The molecule has 2 heterocycles. The summed E-state index contributed by atoms with van der Waals surface area (Å²) < 4.78 is 8.34. The van der Waals surface area contributed by atoms with Crippen LogP contribution in [0.4, 0.5) is 0 Å². The Morgan fingerprint density at radius 1 is 0.658 bits per heavy atom. The van der Waals surface area contributed by atoms with Crippen molar-refractivity contribution in [3.05, 3.63) is 126 Å². The largest absolute Gasteiger partial charge is 0.456 e. The molecular weight excluding hydrogens is 462 g/mol. The van der Waals surface area contributed by atoms with E-state index in [0.29, 0.717) is 0 Å². The zero-order chi connectivity index (χ0) is 25.6. The molecule has 0 saturated carbocycles. The molecular formula is C36H27NO. The van der Waals surface area contributed by atoms with Gasteiger partial charge in [-0.25, -0.2) is 0 Å². The number of furan rings is 1. The Hall–Kier alpha value is -4.82. The highest BCUT2D eigenvalue weighted by molar-refractivity contribution is 5.94. The molecule has 1 aliphatic rings. The van der Waals surface area contributed by atoms with Crippen molar-refractivity contribution >= 4 is 46.2 Å². The van der Waals surface area contributed by atoms with Crippen LogP contribution in [0.15, 0.2) is 109 Å². The average molecular weight is 490 g/mol. The van der Waals surface area contributed by atoms with Crippen LogP contribution in [-0.2, 0) is 0 Å². The molecule has 38 heavy (non-hydrogen) atoms. The van der Waals surface area contributed by atoms with Crippen LogP contribution in [-0.4, -0.2) is 4.57 Å². The molecule has 0 aliphatic heterocycles. The lowest BCUT2D eigenvalue weighted by atomic mass is 9.97. The summed E-state index contributed by atoms with van der Waals surface area (Å²) in [5.41, 5.74) is 9.02. The summed E-state index contributed by atoms with van der Waals surface area (Å²) in [6.07, 6.45) is 10.5. The molecule has 6 aromatic rings. The van der Waals surface area contributed by atoms with Gasteiger partial charge in [-0.1, -0.05) is 79.9 Å². The summed E-state index contributed by atoms with van der Waals surface area (Å²) in [5, 5.41) is 5.00. The molecule has 0 amide bonds. The zero-order valence-electron chi connectivity index (χ0n) is 21.2. The zero-order valence-corrected chi connectivity index (χ0v) is 21.2. The van der Waals surface area contributed by atoms with Crippen molar-refractivity contribution in [2.75, 3.05) is 0 Å². The number of hydrogen-bond acceptors (Lipinski definition) is 1. The standard InChI is InChI=1S/C36H27NO/c1-3-29-32-23-27(18-20-36(32)38-35(29)4-2)25-12-10-11-24(21-25)26-17-19-34-31(22-26)30-15-8-9-16-33(30)37(34)28-13-6-5-7-14-28/h3-7,10-23H,1-2,8-9H2. The molecule has 0 N–H and O–H groups in total. The molecule has 0 bridgehead atoms. The van der Waals surface area contributed by atoms with Gasteiger partial charge in [-0.3, -0.25) is 0 Å². The van der Waals surface area contributed by atoms with Crippen LogP contribution in [0.1, 0.15) is 24.2 Å². The number of para-hydroxylation sites is 1. The quantitative estimate of drug-likeness (QED) is 0.238. The normalized spacial score (nSPS) is 12.6. The fraction of sp³-hybridized carbons (Fsp3) is 0.0556. The van der Waals surface area contributed by atoms with Gasteiger partial charge in [0.15, 0.2) is 0 Å². The van der Waals surface area contributed by atoms with Crippen molar-refractivity contribution in [2.45, 2.75) is 12.8 Å². The van der Waals surface area contributed by atoms with E-state index < -0.39 is 0 Å². The van der Waals surface area contributed by atoms with Crippen LogP contribution < -0.4 is 10.6 Å². The van der Waals surface area contributed by atoms with Crippen molar-refractivity contribution in [1.82, 2.24) is 4.57 Å². The SMILES string of the molecule is C=Cc1oc2ccc(-c3cccc(-c4ccc5c(c4)c4c(n5-c5ccccc5)=CCCC=4)c3)cc2c1C=C. The van der Waals surface area contributed by atoms with E-state index in [9.17, 15) is 0 Å². The van der Waals surface area contributed by atoms with E-state index in [-0.39, 0.29) is 0 Å². The number of aromatic nitrogens is 1. The van der Waals surface area contributed by atoms with Gasteiger partial charge in [-0.05, 0) is 83.6 Å². The third-order valence-corrected chi connectivity index (χ3v) is 7.59. The Kier molecular flexibility index (Phi) is 5.26. The molecule has 4 aromatic carbocycles. The van der Waals surface area contributed by atoms with E-state index in [1.165, 1.54) is 43.8 Å². The number of hydrogen-bond donors (Lipinski definition) is 0. The lowest BCUT2D eigenvalue weighted by Crippen LogP contribution is -2.30. The van der Waals surface area contributed by atoms with E-state index in [0.717, 1.165) is 40.7 Å². The second kappa shape index (κ2) is 8.93. The Labute approximate surface area is 221 Å². The van der Waals surface area contributed by atoms with Gasteiger partial charge in [0.25, 0.3) is 0 Å². The van der Waals surface area contributed by atoms with Gasteiger partial charge in [-0.2, -0.15) is 0 Å². The Morgan fingerprint density at radius 2 is 1.37 bits per heavy atom. The van der Waals surface area contributed by atoms with Gasteiger partial charge in [0.05, 0.1) is 5.52 Å². The summed E-state index contributed by atoms with van der Waals surface area (Å²) in [5.74, 6) is 0.758. The fourth-order valence-corrected chi connectivity index (χ4v) is 5.79. The maximum Gasteiger partial charge on any atom is 0.135 e. The molecule has 1 aliphatic carbocycles. The van der Waals surface area contributed by atoms with Crippen LogP contribution >= 0.6 is 0 Å². The average Bonchev–Trinajstić information content (AvgIpc) is 3.52. The van der Waals surface area contributed by atoms with Crippen molar-refractivity contribution in [3.8, 4) is 27.9 Å². The molecule has 0 spiro atoms. The molecule has 2 nitrogen and oxygen atoms in total. The monoisotopic (exact) mass is 489 g/mol. The van der Waals surface area contributed by atoms with Crippen LogP contribution in [0.2, 0.25) is 0 Å². The summed E-state index contributed by atoms with van der Waals surface area (Å²) in [7, 11) is 0. The number of fused-ring (bicyclic) bond motifs is 4. The minimum absolute atomic E-state index is 0.758. The molecule has 0 atom stereocenters. The van der Waals surface area contributed by atoms with Gasteiger partial charge in [0.2, 0.25) is 0 Å². The van der Waals surface area contributed by atoms with Crippen LogP contribution in [0.25, 0.3) is 74.1 Å². The van der Waals surface area contributed by atoms with Crippen LogP contribution in [0, 0.1) is 0 Å². The third kappa shape index (κ3) is 3.49. The van der Waals surface area contributed by atoms with E-state index in [2.05, 4.69) is 115 Å². The highest BCUT2D eigenvalue weighted by Crippen LogP contribution is 2.34. The minimum atomic E-state index is 0.758. The van der Waals surface area contributed by atoms with Gasteiger partial charge >= 0.3 is 0 Å². The summed E-state index contributed by atoms with van der Waals surface area (Å²) >= 11 is 0. The first-order valence-electron chi connectivity index (χ1n) is 13.1. The first-order valence-corrected chi connectivity index (χ1v) is 13.1. The van der Waals surface area contributed by atoms with E-state index in [1.807, 2.05) is 12.1 Å². The lowest BCUT2D eigenvalue weighted by molar-refractivity contribution is 0.603. The summed E-state index contributed by atoms with van der Waals surface area (Å²) in [6, 6.07) is 32.7. The second-order valence-electron chi connectivity index (χ2n) is 9.77. The maximum atomic E-state index is 5.95. The molecule has 0 fully saturated rings. The highest BCUT2D eigenvalue weighted by Gasteiger charge is 2.14. The molecule has 2 aromatic heterocycles. The first-order chi connectivity index (χ1) is 18.7. The number of benzene rings is 4.